The predicted molar refractivity (Wildman–Crippen MR) is 87.4 cm³/mol. The van der Waals surface area contributed by atoms with Crippen molar-refractivity contribution in [2.24, 2.45) is 5.10 Å². The zero-order valence-corrected chi connectivity index (χ0v) is 13.5. The summed E-state index contributed by atoms with van der Waals surface area (Å²) in [4.78, 5) is 39.4. The van der Waals surface area contributed by atoms with E-state index in [1.807, 2.05) is 0 Å². The van der Waals surface area contributed by atoms with Crippen LogP contribution in [0.1, 0.15) is 19.4 Å². The highest BCUT2D eigenvalue weighted by Gasteiger charge is 2.34. The maximum atomic E-state index is 12.8. The van der Waals surface area contributed by atoms with Crippen LogP contribution in [0.5, 0.6) is 0 Å². The monoisotopic (exact) mass is 337 g/mol. The third-order valence-electron chi connectivity index (χ3n) is 3.77. The quantitative estimate of drug-likeness (QED) is 0.735. The number of H-pyrrole nitrogens is 1. The number of nitrogens with zero attached hydrogens (tertiary/aromatic N) is 3. The van der Waals surface area contributed by atoms with E-state index in [1.54, 1.807) is 13.1 Å². The van der Waals surface area contributed by atoms with Gasteiger partial charge in [-0.25, -0.2) is 19.6 Å². The molecule has 9 nitrogen and oxygen atoms in total. The van der Waals surface area contributed by atoms with Crippen molar-refractivity contribution in [2.45, 2.75) is 26.3 Å². The minimum absolute atomic E-state index is 0.294. The first-order valence-corrected chi connectivity index (χ1v) is 7.65. The smallest absolute Gasteiger partial charge is 0.330 e. The van der Waals surface area contributed by atoms with E-state index < -0.39 is 22.8 Å². The summed E-state index contributed by atoms with van der Waals surface area (Å²) >= 11 is 1.21. The summed E-state index contributed by atoms with van der Waals surface area (Å²) in [6, 6.07) is 0. The van der Waals surface area contributed by atoms with Crippen LogP contribution in [-0.2, 0) is 10.3 Å². The molecule has 122 valence electrons. The standard InChI is InChI=1S/C13H15N5O4S/c1-6-7-8(23-10(6)18-14-4-5-15-18)16-12(22)17(9(7)19)13(2,3)11(20)21/h4,15H,5H2,1-3H3,(H,16,22)(H,20,21). The number of carboxylic acid groups (broad SMARTS) is 1. The number of rotatable bonds is 3. The molecule has 2 aromatic rings. The Hall–Kier alpha value is -2.46. The molecular weight excluding hydrogens is 322 g/mol. The lowest BCUT2D eigenvalue weighted by atomic mass is 10.1. The molecule has 0 fully saturated rings. The van der Waals surface area contributed by atoms with E-state index in [0.29, 0.717) is 27.3 Å². The molecule has 0 bridgehead atoms. The van der Waals surface area contributed by atoms with Gasteiger partial charge in [-0.1, -0.05) is 11.3 Å². The topological polar surface area (TPSA) is 120 Å². The lowest BCUT2D eigenvalue weighted by Crippen LogP contribution is -2.50. The molecule has 23 heavy (non-hydrogen) atoms. The number of carbonyl (C=O) groups is 1. The number of anilines is 1. The summed E-state index contributed by atoms with van der Waals surface area (Å²) < 4.78 is 0.738. The van der Waals surface area contributed by atoms with Gasteiger partial charge in [0.25, 0.3) is 5.56 Å². The van der Waals surface area contributed by atoms with Crippen LogP contribution >= 0.6 is 11.3 Å². The van der Waals surface area contributed by atoms with Gasteiger partial charge in [0.2, 0.25) is 0 Å². The van der Waals surface area contributed by atoms with Gasteiger partial charge in [-0.3, -0.25) is 9.78 Å². The molecule has 0 saturated carbocycles. The molecular formula is C13H15N5O4S. The van der Waals surface area contributed by atoms with Crippen LogP contribution in [0.3, 0.4) is 0 Å². The number of aryl methyl sites for hydroxylation is 1. The van der Waals surface area contributed by atoms with E-state index in [-0.39, 0.29) is 0 Å². The van der Waals surface area contributed by atoms with Crippen molar-refractivity contribution in [1.29, 1.82) is 0 Å². The fraction of sp³-hybridized carbons (Fsp3) is 0.385. The van der Waals surface area contributed by atoms with Crippen molar-refractivity contribution in [2.75, 3.05) is 11.7 Å². The Kier molecular flexibility index (Phi) is 3.38. The second kappa shape index (κ2) is 5.03. The van der Waals surface area contributed by atoms with Crippen LogP contribution in [0.15, 0.2) is 14.7 Å². The average molecular weight is 337 g/mol. The van der Waals surface area contributed by atoms with Gasteiger partial charge < -0.3 is 5.11 Å². The summed E-state index contributed by atoms with van der Waals surface area (Å²) in [6.45, 7) is 4.93. The number of hydrazine groups is 1. The summed E-state index contributed by atoms with van der Waals surface area (Å²) in [6.07, 6.45) is 1.68. The molecule has 3 N–H and O–H groups in total. The summed E-state index contributed by atoms with van der Waals surface area (Å²) in [5.74, 6) is -1.26. The van der Waals surface area contributed by atoms with Gasteiger partial charge >= 0.3 is 11.7 Å². The average Bonchev–Trinajstić information content (AvgIpc) is 3.06. The van der Waals surface area contributed by atoms with Crippen molar-refractivity contribution < 1.29 is 9.90 Å². The van der Waals surface area contributed by atoms with Crippen molar-refractivity contribution in [3.05, 3.63) is 26.4 Å². The van der Waals surface area contributed by atoms with Gasteiger partial charge in [0.1, 0.15) is 15.4 Å². The first-order chi connectivity index (χ1) is 10.7. The summed E-state index contributed by atoms with van der Waals surface area (Å²) in [5, 5.41) is 15.9. The van der Waals surface area contributed by atoms with Crippen LogP contribution in [-0.4, -0.2) is 33.4 Å². The van der Waals surface area contributed by atoms with Crippen LogP contribution in [0.25, 0.3) is 10.2 Å². The van der Waals surface area contributed by atoms with Crippen molar-refractivity contribution in [1.82, 2.24) is 15.0 Å². The maximum absolute atomic E-state index is 12.8. The van der Waals surface area contributed by atoms with Gasteiger partial charge in [-0.15, -0.1) is 0 Å². The van der Waals surface area contributed by atoms with Crippen LogP contribution in [0.4, 0.5) is 5.00 Å². The molecule has 3 heterocycles. The fourth-order valence-electron chi connectivity index (χ4n) is 2.42. The fourth-order valence-corrected chi connectivity index (χ4v) is 3.55. The largest absolute Gasteiger partial charge is 0.480 e. The Morgan fingerprint density at radius 3 is 2.70 bits per heavy atom. The lowest BCUT2D eigenvalue weighted by molar-refractivity contribution is -0.146. The van der Waals surface area contributed by atoms with E-state index in [9.17, 15) is 19.5 Å². The SMILES string of the molecule is Cc1c(N2N=CCN2)sc2[nH]c(=O)n(C(C)(C)C(=O)O)c(=O)c12. The van der Waals surface area contributed by atoms with E-state index in [2.05, 4.69) is 15.5 Å². The molecule has 0 saturated heterocycles. The highest BCUT2D eigenvalue weighted by Crippen LogP contribution is 2.34. The van der Waals surface area contributed by atoms with Crippen LogP contribution in [0.2, 0.25) is 0 Å². The summed E-state index contributed by atoms with van der Waals surface area (Å²) in [7, 11) is 0. The molecule has 1 aliphatic heterocycles. The number of hydrazone groups is 1. The van der Waals surface area contributed by atoms with Crippen molar-refractivity contribution >= 4 is 38.7 Å². The third-order valence-corrected chi connectivity index (χ3v) is 4.95. The second-order valence-electron chi connectivity index (χ2n) is 5.64. The summed E-state index contributed by atoms with van der Waals surface area (Å²) in [5.41, 5.74) is 0.600. The van der Waals surface area contributed by atoms with Crippen molar-refractivity contribution in [3.63, 3.8) is 0 Å². The molecule has 0 spiro atoms. The van der Waals surface area contributed by atoms with E-state index in [4.69, 9.17) is 0 Å². The highest BCUT2D eigenvalue weighted by molar-refractivity contribution is 7.22. The Morgan fingerprint density at radius 2 is 2.13 bits per heavy atom. The van der Waals surface area contributed by atoms with E-state index >= 15 is 0 Å². The molecule has 0 unspecified atom stereocenters. The lowest BCUT2D eigenvalue weighted by Gasteiger charge is -2.21. The molecule has 0 aromatic carbocycles. The number of aliphatic carboxylic acids is 1. The van der Waals surface area contributed by atoms with Gasteiger partial charge in [-0.2, -0.15) is 10.2 Å². The Morgan fingerprint density at radius 1 is 1.43 bits per heavy atom. The van der Waals surface area contributed by atoms with Crippen molar-refractivity contribution in [3.8, 4) is 0 Å². The predicted octanol–water partition coefficient (Wildman–Crippen LogP) is 0.190. The molecule has 0 radical (unpaired) electrons. The molecule has 2 aromatic heterocycles. The minimum atomic E-state index is -1.66. The van der Waals surface area contributed by atoms with Gasteiger partial charge in [0, 0.05) is 11.8 Å². The molecule has 1 aliphatic rings. The molecule has 10 heteroatoms. The Balaban J connectivity index is 2.33. The molecule has 0 atom stereocenters. The van der Waals surface area contributed by atoms with Gasteiger partial charge in [0.15, 0.2) is 0 Å². The number of hydrogen-bond acceptors (Lipinski definition) is 7. The Labute approximate surface area is 133 Å². The van der Waals surface area contributed by atoms with Crippen LogP contribution in [0, 0.1) is 6.92 Å². The zero-order chi connectivity index (χ0) is 16.9. The third kappa shape index (κ3) is 2.18. The van der Waals surface area contributed by atoms with Gasteiger partial charge in [0.05, 0.1) is 11.9 Å². The number of nitrogens with one attached hydrogen (secondary N) is 2. The van der Waals surface area contributed by atoms with Crippen LogP contribution < -0.4 is 21.8 Å². The number of aromatic amines is 1. The Bertz CT molecular complexity index is 952. The maximum Gasteiger partial charge on any atom is 0.330 e. The minimum Gasteiger partial charge on any atom is -0.480 e. The normalized spacial score (nSPS) is 14.8. The zero-order valence-electron chi connectivity index (χ0n) is 12.7. The second-order valence-corrected chi connectivity index (χ2v) is 6.64. The molecule has 3 rings (SSSR count). The van der Waals surface area contributed by atoms with E-state index in [1.165, 1.54) is 30.3 Å². The number of fused-ring (bicyclic) bond motifs is 1. The number of hydrogen-bond donors (Lipinski definition) is 3. The first-order valence-electron chi connectivity index (χ1n) is 6.83. The number of thiophene rings is 1. The number of aromatic nitrogens is 2. The molecule has 0 aliphatic carbocycles. The van der Waals surface area contributed by atoms with Gasteiger partial charge in [-0.05, 0) is 20.8 Å². The molecule has 0 amide bonds. The number of carboxylic acids is 1. The first kappa shape index (κ1) is 15.4. The highest BCUT2D eigenvalue weighted by atomic mass is 32.1. The van der Waals surface area contributed by atoms with E-state index in [0.717, 1.165) is 4.57 Å².